The van der Waals surface area contributed by atoms with Crippen molar-refractivity contribution < 1.29 is 52.2 Å². The minimum Gasteiger partial charge on any atom is -0.491 e. The molecule has 1 aromatic rings. The van der Waals surface area contributed by atoms with E-state index >= 15 is 0 Å². The monoisotopic (exact) mass is 528 g/mol. The summed E-state index contributed by atoms with van der Waals surface area (Å²) in [5, 5.41) is 0. The van der Waals surface area contributed by atoms with Gasteiger partial charge in [-0.3, -0.25) is 4.79 Å². The van der Waals surface area contributed by atoms with Crippen LogP contribution in [0.2, 0.25) is 0 Å². The minimum atomic E-state index is -0.461. The highest BCUT2D eigenvalue weighted by Crippen LogP contribution is 2.10. The molecule has 0 fully saturated rings. The number of carbonyl (C=O) groups excluding carboxylic acids is 2. The summed E-state index contributed by atoms with van der Waals surface area (Å²) >= 11 is 0. The van der Waals surface area contributed by atoms with Gasteiger partial charge in [-0.15, -0.1) is 0 Å². The standard InChI is InChI=1S/C26H40O11/c1-2-26(28)37-22-20-35-18-16-33-14-12-31-10-8-29-7-9-30-11-13-32-15-17-34-19-21-36-25-5-3-24(23-27)4-6-25/h2-6,23H,1,7-22H2. The van der Waals surface area contributed by atoms with E-state index in [9.17, 15) is 9.59 Å². The quantitative estimate of drug-likeness (QED) is 0.0719. The van der Waals surface area contributed by atoms with Crippen LogP contribution in [0.4, 0.5) is 0 Å². The fourth-order valence-corrected chi connectivity index (χ4v) is 2.54. The van der Waals surface area contributed by atoms with E-state index in [0.29, 0.717) is 110 Å². The second-order valence-electron chi connectivity index (χ2n) is 7.19. The number of rotatable bonds is 27. The van der Waals surface area contributed by atoms with Crippen LogP contribution in [0.15, 0.2) is 36.9 Å². The molecule has 0 radical (unpaired) electrons. The summed E-state index contributed by atoms with van der Waals surface area (Å²) in [7, 11) is 0. The lowest BCUT2D eigenvalue weighted by molar-refractivity contribution is -0.139. The molecule has 1 aromatic carbocycles. The van der Waals surface area contributed by atoms with E-state index in [1.165, 1.54) is 0 Å². The average molecular weight is 529 g/mol. The Morgan fingerprint density at radius 2 is 0.919 bits per heavy atom. The summed E-state index contributed by atoms with van der Waals surface area (Å²) < 4.78 is 48.0. The van der Waals surface area contributed by atoms with Crippen molar-refractivity contribution in [1.29, 1.82) is 0 Å². The molecule has 1 rings (SSSR count). The van der Waals surface area contributed by atoms with E-state index in [1.807, 2.05) is 0 Å². The summed E-state index contributed by atoms with van der Waals surface area (Å²) in [5.41, 5.74) is 0.615. The third-order valence-electron chi connectivity index (χ3n) is 4.38. The molecule has 210 valence electrons. The smallest absolute Gasteiger partial charge is 0.330 e. The van der Waals surface area contributed by atoms with E-state index in [0.717, 1.165) is 12.4 Å². The summed E-state index contributed by atoms with van der Waals surface area (Å²) in [6.45, 7) is 10.4. The summed E-state index contributed by atoms with van der Waals surface area (Å²) in [5.74, 6) is 0.239. The zero-order valence-electron chi connectivity index (χ0n) is 21.5. The van der Waals surface area contributed by atoms with Crippen molar-refractivity contribution in [3.8, 4) is 5.75 Å². The van der Waals surface area contributed by atoms with E-state index < -0.39 is 5.97 Å². The second-order valence-corrected chi connectivity index (χ2v) is 7.19. The van der Waals surface area contributed by atoms with Crippen molar-refractivity contribution in [2.24, 2.45) is 0 Å². The number of carbonyl (C=O) groups is 2. The molecule has 37 heavy (non-hydrogen) atoms. The third-order valence-corrected chi connectivity index (χ3v) is 4.38. The van der Waals surface area contributed by atoms with E-state index in [1.54, 1.807) is 24.3 Å². The van der Waals surface area contributed by atoms with Crippen molar-refractivity contribution in [2.45, 2.75) is 0 Å². The molecule has 0 N–H and O–H groups in total. The maximum absolute atomic E-state index is 10.8. The van der Waals surface area contributed by atoms with Gasteiger partial charge in [-0.2, -0.15) is 0 Å². The highest BCUT2D eigenvalue weighted by atomic mass is 16.6. The average Bonchev–Trinajstić information content (AvgIpc) is 2.93. The van der Waals surface area contributed by atoms with Gasteiger partial charge in [-0.1, -0.05) is 6.58 Å². The van der Waals surface area contributed by atoms with Crippen molar-refractivity contribution in [2.75, 3.05) is 106 Å². The first-order chi connectivity index (χ1) is 18.3. The Kier molecular flexibility index (Phi) is 22.3. The van der Waals surface area contributed by atoms with E-state index in [2.05, 4.69) is 6.58 Å². The van der Waals surface area contributed by atoms with Crippen LogP contribution in [0.1, 0.15) is 10.4 Å². The lowest BCUT2D eigenvalue weighted by Gasteiger charge is -2.09. The zero-order valence-corrected chi connectivity index (χ0v) is 21.5. The molecule has 0 unspecified atom stereocenters. The van der Waals surface area contributed by atoms with Crippen molar-refractivity contribution in [1.82, 2.24) is 0 Å². The molecule has 0 saturated carbocycles. The van der Waals surface area contributed by atoms with Crippen LogP contribution in [0, 0.1) is 0 Å². The van der Waals surface area contributed by atoms with Gasteiger partial charge in [0.2, 0.25) is 0 Å². The van der Waals surface area contributed by atoms with Gasteiger partial charge in [0, 0.05) is 11.6 Å². The topological polar surface area (TPSA) is 117 Å². The second kappa shape index (κ2) is 25.3. The van der Waals surface area contributed by atoms with E-state index in [4.69, 9.17) is 42.6 Å². The Labute approximate surface area is 218 Å². The van der Waals surface area contributed by atoms with Gasteiger partial charge in [0.25, 0.3) is 0 Å². The van der Waals surface area contributed by atoms with Gasteiger partial charge >= 0.3 is 5.97 Å². The molecular formula is C26H40O11. The third kappa shape index (κ3) is 21.4. The summed E-state index contributed by atoms with van der Waals surface area (Å²) in [6.07, 6.45) is 1.90. The van der Waals surface area contributed by atoms with Gasteiger partial charge in [0.15, 0.2) is 0 Å². The van der Waals surface area contributed by atoms with Gasteiger partial charge in [-0.05, 0) is 24.3 Å². The molecule has 11 nitrogen and oxygen atoms in total. The normalized spacial score (nSPS) is 10.8. The van der Waals surface area contributed by atoms with Crippen LogP contribution in [0.25, 0.3) is 0 Å². The molecule has 0 aromatic heterocycles. The highest BCUT2D eigenvalue weighted by molar-refractivity contribution is 5.81. The number of benzene rings is 1. The first-order valence-electron chi connectivity index (χ1n) is 12.3. The molecule has 0 heterocycles. The van der Waals surface area contributed by atoms with Gasteiger partial charge in [0.1, 0.15) is 25.2 Å². The van der Waals surface area contributed by atoms with Crippen molar-refractivity contribution >= 4 is 12.3 Å². The van der Waals surface area contributed by atoms with Crippen LogP contribution in [0.3, 0.4) is 0 Å². The molecule has 0 aliphatic heterocycles. The van der Waals surface area contributed by atoms with Crippen LogP contribution >= 0.6 is 0 Å². The Bertz CT molecular complexity index is 682. The predicted octanol–water partition coefficient (Wildman–Crippen LogP) is 1.72. The molecule has 0 atom stereocenters. The molecule has 0 aliphatic rings. The molecular weight excluding hydrogens is 488 g/mol. The zero-order chi connectivity index (χ0) is 26.7. The fourth-order valence-electron chi connectivity index (χ4n) is 2.54. The largest absolute Gasteiger partial charge is 0.491 e. The van der Waals surface area contributed by atoms with Gasteiger partial charge < -0.3 is 42.6 Å². The number of ether oxygens (including phenoxy) is 9. The van der Waals surface area contributed by atoms with Crippen LogP contribution in [-0.4, -0.2) is 118 Å². The number of aldehydes is 1. The lowest BCUT2D eigenvalue weighted by Crippen LogP contribution is -2.15. The van der Waals surface area contributed by atoms with Crippen LogP contribution in [0.5, 0.6) is 5.75 Å². The molecule has 0 bridgehead atoms. The molecule has 0 saturated heterocycles. The minimum absolute atomic E-state index is 0.197. The summed E-state index contributed by atoms with van der Waals surface area (Å²) in [4.78, 5) is 21.4. The van der Waals surface area contributed by atoms with Gasteiger partial charge in [0.05, 0.1) is 92.5 Å². The maximum atomic E-state index is 10.8. The van der Waals surface area contributed by atoms with Crippen LogP contribution < -0.4 is 4.74 Å². The highest BCUT2D eigenvalue weighted by Gasteiger charge is 1.97. The fraction of sp³-hybridized carbons (Fsp3) is 0.615. The van der Waals surface area contributed by atoms with Crippen molar-refractivity contribution in [3.63, 3.8) is 0 Å². The molecule has 0 aliphatic carbocycles. The number of hydrogen-bond donors (Lipinski definition) is 0. The Morgan fingerprint density at radius 3 is 1.27 bits per heavy atom. The molecule has 11 heteroatoms. The van der Waals surface area contributed by atoms with Crippen LogP contribution in [-0.2, 0) is 42.7 Å². The molecule has 0 spiro atoms. The number of esters is 1. The summed E-state index contributed by atoms with van der Waals surface area (Å²) in [6, 6.07) is 6.91. The Hall–Kier alpha value is -2.38. The Balaban J connectivity index is 1.68. The maximum Gasteiger partial charge on any atom is 0.330 e. The first-order valence-corrected chi connectivity index (χ1v) is 12.3. The number of hydrogen-bond acceptors (Lipinski definition) is 11. The van der Waals surface area contributed by atoms with E-state index in [-0.39, 0.29) is 6.61 Å². The van der Waals surface area contributed by atoms with Gasteiger partial charge in [-0.25, -0.2) is 4.79 Å². The van der Waals surface area contributed by atoms with Crippen molar-refractivity contribution in [3.05, 3.63) is 42.5 Å². The lowest BCUT2D eigenvalue weighted by atomic mass is 10.2. The predicted molar refractivity (Wildman–Crippen MR) is 134 cm³/mol. The Morgan fingerprint density at radius 1 is 0.568 bits per heavy atom. The molecule has 0 amide bonds. The first kappa shape index (κ1) is 32.6. The SMILES string of the molecule is C=CC(=O)OCCOCCOCCOCCOCCOCCOCCOCCOc1ccc(C=O)cc1.